The number of carbonyl (C=O) groups excluding carboxylic acids is 2. The molecule has 0 unspecified atom stereocenters. The first kappa shape index (κ1) is 31.2. The smallest absolute Gasteiger partial charge is 0.407 e. The molecule has 0 spiro atoms. The van der Waals surface area contributed by atoms with Gasteiger partial charge in [-0.1, -0.05) is 35.9 Å². The van der Waals surface area contributed by atoms with Gasteiger partial charge in [-0.15, -0.1) is 0 Å². The zero-order valence-electron chi connectivity index (χ0n) is 23.5. The maximum Gasteiger partial charge on any atom is 0.407 e. The van der Waals surface area contributed by atoms with Crippen LogP contribution in [0.5, 0.6) is 5.75 Å². The van der Waals surface area contributed by atoms with E-state index >= 15 is 0 Å². The maximum absolute atomic E-state index is 12.3. The van der Waals surface area contributed by atoms with Crippen LogP contribution in [-0.4, -0.2) is 53.2 Å². The van der Waals surface area contributed by atoms with Crippen LogP contribution < -0.4 is 32.6 Å². The standard InChI is InChI=1S/C28H37ClN8O4/c1-28(2,3)41-27(39)34-13-6-14-40-20-11-10-18-15-17(8-9-19(18)16-20)7-4-5-12-33-26(32)37-25(38)21-23(30)36-24(31)22(29)35-21/h8-11,15-16H,4-7,12-14H2,1-3H3,(H,34,39)(H4,30,31,36)(H3,32,33,37,38). The maximum atomic E-state index is 12.3. The summed E-state index contributed by atoms with van der Waals surface area (Å²) < 4.78 is 11.1. The predicted molar refractivity (Wildman–Crippen MR) is 161 cm³/mol. The molecule has 12 nitrogen and oxygen atoms in total. The molecule has 13 heteroatoms. The van der Waals surface area contributed by atoms with E-state index in [1.54, 1.807) is 0 Å². The number of carbonyl (C=O) groups is 2. The van der Waals surface area contributed by atoms with E-state index in [0.717, 1.165) is 35.8 Å². The molecule has 220 valence electrons. The lowest BCUT2D eigenvalue weighted by Gasteiger charge is -2.19. The number of alkyl carbamates (subject to hydrolysis) is 1. The number of unbranched alkanes of at least 4 members (excludes halogenated alkanes) is 1. The monoisotopic (exact) mass is 584 g/mol. The number of fused-ring (bicyclic) bond motifs is 1. The quantitative estimate of drug-likeness (QED) is 0.126. The molecule has 0 aliphatic carbocycles. The minimum Gasteiger partial charge on any atom is -0.494 e. The predicted octanol–water partition coefficient (Wildman–Crippen LogP) is 3.81. The Morgan fingerprint density at radius 1 is 1.00 bits per heavy atom. The van der Waals surface area contributed by atoms with E-state index in [-0.39, 0.29) is 28.4 Å². The molecular weight excluding hydrogens is 548 g/mol. The fourth-order valence-electron chi connectivity index (χ4n) is 3.75. The van der Waals surface area contributed by atoms with Gasteiger partial charge in [0.15, 0.2) is 28.4 Å². The molecule has 0 fully saturated rings. The number of nitrogens with zero attached hydrogens (tertiary/aromatic N) is 3. The summed E-state index contributed by atoms with van der Waals surface area (Å²) in [6, 6.07) is 12.3. The fraction of sp³-hybridized carbons (Fsp3) is 0.393. The van der Waals surface area contributed by atoms with Gasteiger partial charge in [-0.3, -0.25) is 15.1 Å². The van der Waals surface area contributed by atoms with Crippen LogP contribution in [0.3, 0.4) is 0 Å². The van der Waals surface area contributed by atoms with E-state index in [0.29, 0.717) is 26.1 Å². The van der Waals surface area contributed by atoms with Crippen molar-refractivity contribution in [1.82, 2.24) is 20.6 Å². The second-order valence-corrected chi connectivity index (χ2v) is 10.6. The van der Waals surface area contributed by atoms with Crippen molar-refractivity contribution in [3.05, 3.63) is 52.8 Å². The minimum absolute atomic E-state index is 0.0489. The van der Waals surface area contributed by atoms with Gasteiger partial charge in [0.25, 0.3) is 5.91 Å². The number of halogens is 1. The Bertz CT molecular complexity index is 1410. The number of guanidine groups is 1. The number of ether oxygens (including phenoxy) is 2. The van der Waals surface area contributed by atoms with Crippen LogP contribution in [0.1, 0.15) is 56.1 Å². The van der Waals surface area contributed by atoms with Crippen LogP contribution in [-0.2, 0) is 11.2 Å². The van der Waals surface area contributed by atoms with Gasteiger partial charge in [-0.2, -0.15) is 0 Å². The van der Waals surface area contributed by atoms with Crippen molar-refractivity contribution in [3.8, 4) is 5.75 Å². The van der Waals surface area contributed by atoms with E-state index in [4.69, 9.17) is 38.3 Å². The van der Waals surface area contributed by atoms with Crippen molar-refractivity contribution in [3.63, 3.8) is 0 Å². The van der Waals surface area contributed by atoms with Gasteiger partial charge in [0, 0.05) is 13.1 Å². The van der Waals surface area contributed by atoms with E-state index in [1.165, 1.54) is 5.56 Å². The Labute approximate surface area is 244 Å². The summed E-state index contributed by atoms with van der Waals surface area (Å²) >= 11 is 5.81. The third-order valence-electron chi connectivity index (χ3n) is 5.65. The molecule has 2 aromatic carbocycles. The second kappa shape index (κ2) is 14.4. The Morgan fingerprint density at radius 2 is 1.73 bits per heavy atom. The molecule has 3 aromatic rings. The number of hydrogen-bond donors (Lipinski definition) is 5. The van der Waals surface area contributed by atoms with E-state index in [9.17, 15) is 9.59 Å². The van der Waals surface area contributed by atoms with Crippen LogP contribution in [0.4, 0.5) is 16.4 Å². The lowest BCUT2D eigenvalue weighted by Crippen LogP contribution is -2.38. The van der Waals surface area contributed by atoms with Crippen LogP contribution in [0.15, 0.2) is 41.4 Å². The van der Waals surface area contributed by atoms with Gasteiger partial charge in [-0.25, -0.2) is 14.8 Å². The highest BCUT2D eigenvalue weighted by atomic mass is 35.5. The highest BCUT2D eigenvalue weighted by Gasteiger charge is 2.17. The first-order valence-electron chi connectivity index (χ1n) is 13.2. The van der Waals surface area contributed by atoms with Gasteiger partial charge in [0.2, 0.25) is 0 Å². The van der Waals surface area contributed by atoms with Crippen LogP contribution in [0.2, 0.25) is 5.15 Å². The number of rotatable bonds is 11. The number of aromatic nitrogens is 2. The lowest BCUT2D eigenvalue weighted by atomic mass is 10.0. The molecule has 41 heavy (non-hydrogen) atoms. The largest absolute Gasteiger partial charge is 0.494 e. The summed E-state index contributed by atoms with van der Waals surface area (Å²) in [6.45, 7) is 6.87. The number of nitrogens with two attached hydrogens (primary N) is 3. The van der Waals surface area contributed by atoms with Crippen molar-refractivity contribution in [2.24, 2.45) is 10.7 Å². The molecule has 0 saturated carbocycles. The third-order valence-corrected chi connectivity index (χ3v) is 5.93. The van der Waals surface area contributed by atoms with Crippen molar-refractivity contribution in [2.75, 3.05) is 31.2 Å². The van der Waals surface area contributed by atoms with Crippen molar-refractivity contribution < 1.29 is 19.1 Å². The van der Waals surface area contributed by atoms with Crippen molar-refractivity contribution in [2.45, 2.75) is 52.1 Å². The summed E-state index contributed by atoms with van der Waals surface area (Å²) in [4.78, 5) is 35.8. The molecule has 0 aliphatic rings. The highest BCUT2D eigenvalue weighted by molar-refractivity contribution is 6.31. The van der Waals surface area contributed by atoms with Gasteiger partial charge in [-0.05, 0) is 74.9 Å². The van der Waals surface area contributed by atoms with Crippen LogP contribution in [0, 0.1) is 0 Å². The molecule has 0 aliphatic heterocycles. The number of aryl methyl sites for hydroxylation is 1. The van der Waals surface area contributed by atoms with Gasteiger partial charge >= 0.3 is 6.09 Å². The summed E-state index contributed by atoms with van der Waals surface area (Å²) in [7, 11) is 0. The Morgan fingerprint density at radius 3 is 2.49 bits per heavy atom. The number of aliphatic imine (C=N–C) groups is 1. The fourth-order valence-corrected chi connectivity index (χ4v) is 3.88. The summed E-state index contributed by atoms with van der Waals surface area (Å²) in [5, 5.41) is 7.23. The van der Waals surface area contributed by atoms with Crippen molar-refractivity contribution in [1.29, 1.82) is 0 Å². The first-order valence-corrected chi connectivity index (χ1v) is 13.6. The molecule has 0 saturated heterocycles. The summed E-state index contributed by atoms with van der Waals surface area (Å²) in [5.74, 6) is -0.156. The lowest BCUT2D eigenvalue weighted by molar-refractivity contribution is 0.0525. The second-order valence-electron chi connectivity index (χ2n) is 10.3. The molecule has 0 radical (unpaired) electrons. The molecule has 3 rings (SSSR count). The Balaban J connectivity index is 1.38. The molecule has 1 heterocycles. The number of benzene rings is 2. The first-order chi connectivity index (χ1) is 19.4. The number of amides is 2. The van der Waals surface area contributed by atoms with E-state index in [2.05, 4.69) is 43.8 Å². The van der Waals surface area contributed by atoms with Gasteiger partial charge in [0.1, 0.15) is 11.4 Å². The Hall–Kier alpha value is -4.32. The molecular formula is C28H37ClN8O4. The number of nitrogen functional groups attached to an aromatic ring is 2. The van der Waals surface area contributed by atoms with Gasteiger partial charge < -0.3 is 32.0 Å². The molecule has 8 N–H and O–H groups in total. The summed E-state index contributed by atoms with van der Waals surface area (Å²) in [6.07, 6.45) is 2.78. The molecule has 0 atom stereocenters. The zero-order valence-corrected chi connectivity index (χ0v) is 24.3. The van der Waals surface area contributed by atoms with Crippen molar-refractivity contribution >= 4 is 52.0 Å². The minimum atomic E-state index is -0.668. The topological polar surface area (TPSA) is 193 Å². The average Bonchev–Trinajstić information content (AvgIpc) is 2.89. The average molecular weight is 585 g/mol. The number of hydrogen-bond acceptors (Lipinski definition) is 9. The third kappa shape index (κ3) is 10.3. The zero-order chi connectivity index (χ0) is 30.0. The van der Waals surface area contributed by atoms with Crippen LogP contribution >= 0.6 is 11.6 Å². The van der Waals surface area contributed by atoms with E-state index in [1.807, 2.05) is 39.0 Å². The normalized spacial score (nSPS) is 11.8. The molecule has 1 aromatic heterocycles. The van der Waals surface area contributed by atoms with E-state index < -0.39 is 17.6 Å². The SMILES string of the molecule is CC(C)(C)OC(=O)NCCCOc1ccc2cc(CCCCN=C(N)NC(=O)c3nc(Cl)c(N)nc3N)ccc2c1. The van der Waals surface area contributed by atoms with Gasteiger partial charge in [0.05, 0.1) is 6.61 Å². The number of anilines is 2. The highest BCUT2D eigenvalue weighted by Crippen LogP contribution is 2.23. The number of nitrogens with one attached hydrogen (secondary N) is 2. The van der Waals surface area contributed by atoms with Crippen LogP contribution in [0.25, 0.3) is 10.8 Å². The molecule has 2 amide bonds. The Kier molecular flexibility index (Phi) is 10.9. The summed E-state index contributed by atoms with van der Waals surface area (Å²) in [5.41, 5.74) is 17.5. The molecule has 0 bridgehead atoms.